The van der Waals surface area contributed by atoms with Crippen LogP contribution < -0.4 is 0 Å². The molecule has 4 heteroatoms. The first-order valence-corrected chi connectivity index (χ1v) is 4.11. The number of halogens is 2. The van der Waals surface area contributed by atoms with Crippen LogP contribution in [0.5, 0.6) is 0 Å². The second-order valence-corrected chi connectivity index (χ2v) is 2.78. The maximum Gasteiger partial charge on any atom is 0.187 e. The fraction of sp³-hybridized carbons (Fsp3) is 1.00. The minimum Gasteiger partial charge on any atom is -0.350 e. The molecule has 62 valence electrons. The van der Waals surface area contributed by atoms with Crippen LogP contribution in [-0.4, -0.2) is 24.3 Å². The van der Waals surface area contributed by atoms with E-state index >= 15 is 0 Å². The minimum absolute atomic E-state index is 0.488. The minimum atomic E-state index is -0.611. The molecule has 10 heavy (non-hydrogen) atoms. The maximum absolute atomic E-state index is 5.52. The van der Waals surface area contributed by atoms with E-state index in [1.807, 2.05) is 13.8 Å². The lowest BCUT2D eigenvalue weighted by Gasteiger charge is -2.16. The van der Waals surface area contributed by atoms with Crippen LogP contribution in [0.15, 0.2) is 0 Å². The van der Waals surface area contributed by atoms with E-state index in [1.165, 1.54) is 0 Å². The Balaban J connectivity index is 3.50. The van der Waals surface area contributed by atoms with E-state index in [4.69, 9.17) is 32.7 Å². The zero-order chi connectivity index (χ0) is 7.98. The molecule has 0 spiro atoms. The van der Waals surface area contributed by atoms with Gasteiger partial charge in [0.05, 0.1) is 0 Å². The van der Waals surface area contributed by atoms with E-state index < -0.39 is 11.1 Å². The fourth-order valence-electron chi connectivity index (χ4n) is 0.522. The quantitative estimate of drug-likeness (QED) is 0.485. The van der Waals surface area contributed by atoms with E-state index in [0.717, 1.165) is 0 Å². The molecule has 0 fully saturated rings. The first-order chi connectivity index (χ1) is 4.72. The van der Waals surface area contributed by atoms with Gasteiger partial charge in [0.2, 0.25) is 0 Å². The molecule has 0 saturated heterocycles. The van der Waals surface area contributed by atoms with Gasteiger partial charge in [-0.15, -0.1) is 0 Å². The van der Waals surface area contributed by atoms with E-state index in [9.17, 15) is 0 Å². The molecule has 0 heterocycles. The molecule has 0 aliphatic carbocycles. The van der Waals surface area contributed by atoms with Crippen molar-refractivity contribution in [2.45, 2.75) is 25.0 Å². The van der Waals surface area contributed by atoms with Crippen LogP contribution in [0.2, 0.25) is 0 Å². The molecule has 2 nitrogen and oxygen atoms in total. The molecule has 0 bridgehead atoms. The standard InChI is InChI=1S/C6H12Cl2O2/c1-3-9-6(5(7)8)10-4-2/h5-6H,3-4H2,1-2H3. The summed E-state index contributed by atoms with van der Waals surface area (Å²) in [7, 11) is 0. The highest BCUT2D eigenvalue weighted by Gasteiger charge is 2.15. The van der Waals surface area contributed by atoms with Crippen molar-refractivity contribution in [2.24, 2.45) is 0 Å². The molecule has 0 saturated carbocycles. The molecule has 0 aromatic carbocycles. The van der Waals surface area contributed by atoms with Crippen LogP contribution in [0.3, 0.4) is 0 Å². The van der Waals surface area contributed by atoms with Gasteiger partial charge in [0.15, 0.2) is 11.1 Å². The molecular weight excluding hydrogens is 175 g/mol. The molecular formula is C6H12Cl2O2. The lowest BCUT2D eigenvalue weighted by molar-refractivity contribution is -0.126. The second-order valence-electron chi connectivity index (χ2n) is 1.61. The van der Waals surface area contributed by atoms with E-state index in [2.05, 4.69) is 0 Å². The van der Waals surface area contributed by atoms with Gasteiger partial charge in [0, 0.05) is 13.2 Å². The SMILES string of the molecule is CCOC(OCC)C(Cl)Cl. The summed E-state index contributed by atoms with van der Waals surface area (Å²) in [6, 6.07) is 0. The predicted octanol–water partition coefficient (Wildman–Crippen LogP) is 2.19. The molecule has 0 radical (unpaired) electrons. The Kier molecular flexibility index (Phi) is 6.54. The number of hydrogen-bond donors (Lipinski definition) is 0. The van der Waals surface area contributed by atoms with Gasteiger partial charge in [-0.25, -0.2) is 0 Å². The first kappa shape index (κ1) is 10.5. The molecule has 0 unspecified atom stereocenters. The maximum atomic E-state index is 5.52. The Morgan fingerprint density at radius 2 is 1.50 bits per heavy atom. The Bertz CT molecular complexity index is 72.1. The van der Waals surface area contributed by atoms with Gasteiger partial charge < -0.3 is 9.47 Å². The van der Waals surface area contributed by atoms with Gasteiger partial charge in [0.1, 0.15) is 0 Å². The molecule has 0 rings (SSSR count). The van der Waals surface area contributed by atoms with Crippen molar-refractivity contribution in [1.82, 2.24) is 0 Å². The van der Waals surface area contributed by atoms with Crippen LogP contribution >= 0.6 is 23.2 Å². The van der Waals surface area contributed by atoms with Crippen molar-refractivity contribution in [3.63, 3.8) is 0 Å². The molecule has 0 aromatic heterocycles. The van der Waals surface area contributed by atoms with Crippen molar-refractivity contribution in [1.29, 1.82) is 0 Å². The first-order valence-electron chi connectivity index (χ1n) is 3.23. The zero-order valence-electron chi connectivity index (χ0n) is 6.14. The van der Waals surface area contributed by atoms with Crippen LogP contribution in [0.4, 0.5) is 0 Å². The summed E-state index contributed by atoms with van der Waals surface area (Å²) in [6.07, 6.45) is -0.488. The Morgan fingerprint density at radius 1 is 1.10 bits per heavy atom. The summed E-state index contributed by atoms with van der Waals surface area (Å²) in [5.41, 5.74) is 0. The second kappa shape index (κ2) is 6.23. The monoisotopic (exact) mass is 186 g/mol. The van der Waals surface area contributed by atoms with Gasteiger partial charge in [-0.3, -0.25) is 0 Å². The van der Waals surface area contributed by atoms with E-state index in [0.29, 0.717) is 13.2 Å². The Hall–Kier alpha value is 0.500. The average molecular weight is 187 g/mol. The third-order valence-electron chi connectivity index (χ3n) is 0.868. The average Bonchev–Trinajstić information content (AvgIpc) is 1.87. The van der Waals surface area contributed by atoms with Crippen molar-refractivity contribution in [2.75, 3.05) is 13.2 Å². The summed E-state index contributed by atoms with van der Waals surface area (Å²) in [6.45, 7) is 4.84. The van der Waals surface area contributed by atoms with Gasteiger partial charge in [-0.1, -0.05) is 23.2 Å². The molecule has 0 aliphatic rings. The number of rotatable bonds is 5. The smallest absolute Gasteiger partial charge is 0.187 e. The highest BCUT2D eigenvalue weighted by atomic mass is 35.5. The van der Waals surface area contributed by atoms with Gasteiger partial charge in [0.25, 0.3) is 0 Å². The molecule has 0 atom stereocenters. The van der Waals surface area contributed by atoms with E-state index in [1.54, 1.807) is 0 Å². The third kappa shape index (κ3) is 4.34. The van der Waals surface area contributed by atoms with Crippen LogP contribution in [0.1, 0.15) is 13.8 Å². The largest absolute Gasteiger partial charge is 0.350 e. The number of alkyl halides is 2. The highest BCUT2D eigenvalue weighted by Crippen LogP contribution is 2.12. The lowest BCUT2D eigenvalue weighted by atomic mass is 10.7. The Labute approximate surface area is 71.4 Å². The summed E-state index contributed by atoms with van der Waals surface area (Å²) in [5, 5.41) is 0. The summed E-state index contributed by atoms with van der Waals surface area (Å²) < 4.78 is 10.1. The zero-order valence-corrected chi connectivity index (χ0v) is 7.65. The predicted molar refractivity (Wildman–Crippen MR) is 42.5 cm³/mol. The van der Waals surface area contributed by atoms with Crippen LogP contribution in [-0.2, 0) is 9.47 Å². The molecule has 0 N–H and O–H groups in total. The summed E-state index contributed by atoms with van der Waals surface area (Å²) in [5.74, 6) is 0. The molecule has 0 aliphatic heterocycles. The number of ether oxygens (including phenoxy) is 2. The fourth-order valence-corrected chi connectivity index (χ4v) is 0.813. The van der Waals surface area contributed by atoms with Crippen molar-refractivity contribution >= 4 is 23.2 Å². The third-order valence-corrected chi connectivity index (χ3v) is 1.28. The van der Waals surface area contributed by atoms with Crippen molar-refractivity contribution in [3.05, 3.63) is 0 Å². The van der Waals surface area contributed by atoms with Gasteiger partial charge in [-0.05, 0) is 13.8 Å². The highest BCUT2D eigenvalue weighted by molar-refractivity contribution is 6.44. The molecule has 0 aromatic rings. The topological polar surface area (TPSA) is 18.5 Å². The number of hydrogen-bond acceptors (Lipinski definition) is 2. The molecule has 0 amide bonds. The normalized spacial score (nSPS) is 11.4. The van der Waals surface area contributed by atoms with E-state index in [-0.39, 0.29) is 0 Å². The van der Waals surface area contributed by atoms with Crippen molar-refractivity contribution in [3.8, 4) is 0 Å². The van der Waals surface area contributed by atoms with Gasteiger partial charge >= 0.3 is 0 Å². The Morgan fingerprint density at radius 3 is 1.70 bits per heavy atom. The summed E-state index contributed by atoms with van der Waals surface area (Å²) >= 11 is 11.0. The van der Waals surface area contributed by atoms with Crippen LogP contribution in [0.25, 0.3) is 0 Å². The van der Waals surface area contributed by atoms with Gasteiger partial charge in [-0.2, -0.15) is 0 Å². The summed E-state index contributed by atoms with van der Waals surface area (Å²) in [4.78, 5) is -0.611. The van der Waals surface area contributed by atoms with Crippen molar-refractivity contribution < 1.29 is 9.47 Å². The van der Waals surface area contributed by atoms with Crippen LogP contribution in [0, 0.1) is 0 Å². The lowest BCUT2D eigenvalue weighted by Crippen LogP contribution is -2.24.